The fraction of sp³-hybridized carbons (Fsp3) is 0.667. The summed E-state index contributed by atoms with van der Waals surface area (Å²) in [6.07, 6.45) is 0. The first-order valence-electron chi connectivity index (χ1n) is 7.06. The second kappa shape index (κ2) is 6.24. The highest BCUT2D eigenvalue weighted by atomic mass is 32.1. The molecular weight excluding hydrogens is 272 g/mol. The van der Waals surface area contributed by atoms with E-state index < -0.39 is 0 Å². The first-order valence-corrected chi connectivity index (χ1v) is 7.88. The van der Waals surface area contributed by atoms with Crippen molar-refractivity contribution in [1.29, 1.82) is 0 Å². The molecule has 1 aromatic heterocycles. The quantitative estimate of drug-likeness (QED) is 0.868. The van der Waals surface area contributed by atoms with Gasteiger partial charge in [0.1, 0.15) is 6.04 Å². The Bertz CT molecular complexity index is 459. The highest BCUT2D eigenvalue weighted by molar-refractivity contribution is 7.12. The molecule has 1 atom stereocenters. The average Bonchev–Trinajstić information content (AvgIpc) is 2.89. The van der Waals surface area contributed by atoms with Gasteiger partial charge in [-0.25, -0.2) is 4.79 Å². The predicted octanol–water partition coefficient (Wildman–Crippen LogP) is 2.16. The third-order valence-electron chi connectivity index (χ3n) is 3.58. The molecule has 1 N–H and O–H groups in total. The number of nitrogens with zero attached hydrogens (tertiary/aromatic N) is 1. The van der Waals surface area contributed by atoms with Gasteiger partial charge in [0.2, 0.25) is 0 Å². The minimum Gasteiger partial charge on any atom is -0.468 e. The van der Waals surface area contributed by atoms with Gasteiger partial charge in [0, 0.05) is 35.9 Å². The topological polar surface area (TPSA) is 41.6 Å². The van der Waals surface area contributed by atoms with Crippen molar-refractivity contribution in [2.24, 2.45) is 0 Å². The van der Waals surface area contributed by atoms with Crippen LogP contribution in [0, 0.1) is 0 Å². The lowest BCUT2D eigenvalue weighted by atomic mass is 9.95. The van der Waals surface area contributed by atoms with E-state index in [1.54, 1.807) is 11.3 Å². The van der Waals surface area contributed by atoms with Crippen molar-refractivity contribution < 1.29 is 9.53 Å². The van der Waals surface area contributed by atoms with Crippen LogP contribution in [0.15, 0.2) is 12.1 Å². The van der Waals surface area contributed by atoms with Gasteiger partial charge in [0.25, 0.3) is 0 Å². The largest absolute Gasteiger partial charge is 0.468 e. The number of esters is 1. The summed E-state index contributed by atoms with van der Waals surface area (Å²) >= 11 is 1.72. The molecule has 1 aliphatic rings. The van der Waals surface area contributed by atoms with Crippen LogP contribution in [0.2, 0.25) is 0 Å². The van der Waals surface area contributed by atoms with Gasteiger partial charge in [-0.3, -0.25) is 4.90 Å². The van der Waals surface area contributed by atoms with Crippen LogP contribution < -0.4 is 5.32 Å². The number of hydrogen-bond acceptors (Lipinski definition) is 5. The highest BCUT2D eigenvalue weighted by Gasteiger charge is 2.31. The molecule has 2 heterocycles. The van der Waals surface area contributed by atoms with Crippen LogP contribution >= 0.6 is 11.3 Å². The molecule has 5 heteroatoms. The smallest absolute Gasteiger partial charge is 0.328 e. The average molecular weight is 296 g/mol. The van der Waals surface area contributed by atoms with Crippen LogP contribution in [0.4, 0.5) is 0 Å². The summed E-state index contributed by atoms with van der Waals surface area (Å²) in [4.78, 5) is 16.8. The number of carbonyl (C=O) groups is 1. The second-order valence-corrected chi connectivity index (χ2v) is 7.28. The SMILES string of the molecule is COC(=O)C(c1ccc(C(C)(C)C)s1)N1CCNCC1. The lowest BCUT2D eigenvalue weighted by Gasteiger charge is -2.32. The number of methoxy groups -OCH3 is 1. The van der Waals surface area contributed by atoms with Gasteiger partial charge < -0.3 is 10.1 Å². The summed E-state index contributed by atoms with van der Waals surface area (Å²) in [5.74, 6) is -0.158. The Labute approximate surface area is 125 Å². The maximum absolute atomic E-state index is 12.2. The van der Waals surface area contributed by atoms with Gasteiger partial charge in [-0.2, -0.15) is 0 Å². The third-order valence-corrected chi connectivity index (χ3v) is 5.14. The van der Waals surface area contributed by atoms with Crippen molar-refractivity contribution in [2.45, 2.75) is 32.2 Å². The fourth-order valence-electron chi connectivity index (χ4n) is 2.40. The molecule has 4 nitrogen and oxygen atoms in total. The van der Waals surface area contributed by atoms with E-state index in [0.717, 1.165) is 31.1 Å². The maximum atomic E-state index is 12.2. The van der Waals surface area contributed by atoms with Crippen molar-refractivity contribution in [3.05, 3.63) is 21.9 Å². The van der Waals surface area contributed by atoms with Crippen LogP contribution in [0.25, 0.3) is 0 Å². The van der Waals surface area contributed by atoms with Gasteiger partial charge in [0.05, 0.1) is 7.11 Å². The molecule has 20 heavy (non-hydrogen) atoms. The molecular formula is C15H24N2O2S. The van der Waals surface area contributed by atoms with Gasteiger partial charge in [-0.1, -0.05) is 20.8 Å². The Morgan fingerprint density at radius 3 is 2.50 bits per heavy atom. The molecule has 0 bridgehead atoms. The number of hydrogen-bond donors (Lipinski definition) is 1. The minimum atomic E-state index is -0.261. The lowest BCUT2D eigenvalue weighted by Crippen LogP contribution is -2.47. The predicted molar refractivity (Wildman–Crippen MR) is 82.2 cm³/mol. The van der Waals surface area contributed by atoms with E-state index in [0.29, 0.717) is 0 Å². The Morgan fingerprint density at radius 1 is 1.35 bits per heavy atom. The van der Waals surface area contributed by atoms with Gasteiger partial charge >= 0.3 is 5.97 Å². The van der Waals surface area contributed by atoms with Crippen LogP contribution in [-0.2, 0) is 14.9 Å². The molecule has 1 aromatic rings. The number of ether oxygens (including phenoxy) is 1. The lowest BCUT2D eigenvalue weighted by molar-refractivity contribution is -0.147. The molecule has 1 fully saturated rings. The van der Waals surface area contributed by atoms with Crippen molar-refractivity contribution in [2.75, 3.05) is 33.3 Å². The van der Waals surface area contributed by atoms with Crippen molar-refractivity contribution in [3.8, 4) is 0 Å². The molecule has 0 spiro atoms. The third kappa shape index (κ3) is 3.40. The maximum Gasteiger partial charge on any atom is 0.328 e. The van der Waals surface area contributed by atoms with E-state index in [2.05, 4.69) is 43.1 Å². The van der Waals surface area contributed by atoms with Crippen molar-refractivity contribution in [1.82, 2.24) is 10.2 Å². The van der Waals surface area contributed by atoms with Gasteiger partial charge in [-0.05, 0) is 17.5 Å². The van der Waals surface area contributed by atoms with E-state index in [1.807, 2.05) is 0 Å². The Morgan fingerprint density at radius 2 is 2.00 bits per heavy atom. The fourth-order valence-corrected chi connectivity index (χ4v) is 3.59. The van der Waals surface area contributed by atoms with Crippen LogP contribution in [-0.4, -0.2) is 44.2 Å². The molecule has 0 aromatic carbocycles. The normalized spacial score (nSPS) is 18.8. The molecule has 0 aliphatic carbocycles. The molecule has 112 valence electrons. The zero-order chi connectivity index (χ0) is 14.8. The first-order chi connectivity index (χ1) is 9.43. The highest BCUT2D eigenvalue weighted by Crippen LogP contribution is 2.35. The number of thiophene rings is 1. The van der Waals surface area contributed by atoms with E-state index in [-0.39, 0.29) is 17.4 Å². The van der Waals surface area contributed by atoms with Gasteiger partial charge in [0.15, 0.2) is 0 Å². The summed E-state index contributed by atoms with van der Waals surface area (Å²) in [6.45, 7) is 10.2. The molecule has 0 radical (unpaired) electrons. The number of piperazine rings is 1. The summed E-state index contributed by atoms with van der Waals surface area (Å²) in [7, 11) is 1.47. The molecule has 1 unspecified atom stereocenters. The summed E-state index contributed by atoms with van der Waals surface area (Å²) < 4.78 is 5.02. The van der Waals surface area contributed by atoms with E-state index in [1.165, 1.54) is 12.0 Å². The Balaban J connectivity index is 2.26. The monoisotopic (exact) mass is 296 g/mol. The second-order valence-electron chi connectivity index (χ2n) is 6.16. The van der Waals surface area contributed by atoms with Crippen molar-refractivity contribution >= 4 is 17.3 Å². The number of nitrogens with one attached hydrogen (secondary N) is 1. The number of rotatable bonds is 3. The molecule has 0 saturated carbocycles. The zero-order valence-corrected chi connectivity index (χ0v) is 13.5. The van der Waals surface area contributed by atoms with Crippen LogP contribution in [0.3, 0.4) is 0 Å². The zero-order valence-electron chi connectivity index (χ0n) is 12.7. The van der Waals surface area contributed by atoms with Gasteiger partial charge in [-0.15, -0.1) is 11.3 Å². The summed E-state index contributed by atoms with van der Waals surface area (Å²) in [5, 5.41) is 3.32. The first kappa shape index (κ1) is 15.5. The molecule has 0 amide bonds. The molecule has 2 rings (SSSR count). The summed E-state index contributed by atoms with van der Waals surface area (Å²) in [5.41, 5.74) is 0.118. The molecule has 1 saturated heterocycles. The summed E-state index contributed by atoms with van der Waals surface area (Å²) in [6, 6.07) is 3.95. The van der Waals surface area contributed by atoms with E-state index in [9.17, 15) is 4.79 Å². The van der Waals surface area contributed by atoms with E-state index >= 15 is 0 Å². The minimum absolute atomic E-state index is 0.118. The van der Waals surface area contributed by atoms with E-state index in [4.69, 9.17) is 4.74 Å². The number of carbonyl (C=O) groups excluding carboxylic acids is 1. The van der Waals surface area contributed by atoms with Crippen LogP contribution in [0.5, 0.6) is 0 Å². The Hall–Kier alpha value is -0.910. The van der Waals surface area contributed by atoms with Crippen LogP contribution in [0.1, 0.15) is 36.6 Å². The standard InChI is InChI=1S/C15H24N2O2S/c1-15(2,3)12-6-5-11(20-12)13(14(18)19-4)17-9-7-16-8-10-17/h5-6,13,16H,7-10H2,1-4H3. The Kier molecular flexibility index (Phi) is 4.83. The van der Waals surface area contributed by atoms with Crippen molar-refractivity contribution in [3.63, 3.8) is 0 Å². The molecule has 1 aliphatic heterocycles.